The van der Waals surface area contributed by atoms with E-state index in [1.54, 1.807) is 0 Å². The minimum absolute atomic E-state index is 0.120. The lowest BCUT2D eigenvalue weighted by atomic mass is 10.2. The normalized spacial score (nSPS) is 14.5. The molecule has 0 saturated carbocycles. The fourth-order valence-electron chi connectivity index (χ4n) is 1.77. The molecule has 0 unspecified atom stereocenters. The SMILES string of the molecule is C1COCCN1.C=C(CC)C(=O)NCCCCCCS(=O)(=O)O. The Morgan fingerprint density at radius 2 is 1.83 bits per heavy atom. The van der Waals surface area contributed by atoms with Crippen LogP contribution in [0.4, 0.5) is 0 Å². The zero-order chi connectivity index (χ0) is 17.6. The molecule has 3 N–H and O–H groups in total. The third kappa shape index (κ3) is 15.7. The van der Waals surface area contributed by atoms with Gasteiger partial charge in [-0.2, -0.15) is 8.42 Å². The van der Waals surface area contributed by atoms with E-state index in [4.69, 9.17) is 9.29 Å². The highest BCUT2D eigenvalue weighted by Gasteiger charge is 2.04. The van der Waals surface area contributed by atoms with Crippen LogP contribution >= 0.6 is 0 Å². The predicted molar refractivity (Wildman–Crippen MR) is 91.0 cm³/mol. The first-order valence-corrected chi connectivity index (χ1v) is 9.67. The number of hydrogen-bond donors (Lipinski definition) is 3. The van der Waals surface area contributed by atoms with Gasteiger partial charge in [0.25, 0.3) is 10.1 Å². The number of rotatable bonds is 9. The van der Waals surface area contributed by atoms with Crippen LogP contribution in [-0.2, 0) is 19.6 Å². The monoisotopic (exact) mass is 350 g/mol. The molecular formula is C15H30N2O5S. The van der Waals surface area contributed by atoms with Gasteiger partial charge in [-0.15, -0.1) is 0 Å². The van der Waals surface area contributed by atoms with Gasteiger partial charge < -0.3 is 15.4 Å². The predicted octanol–water partition coefficient (Wildman–Crippen LogP) is 1.12. The van der Waals surface area contributed by atoms with Gasteiger partial charge in [0.2, 0.25) is 5.91 Å². The molecule has 0 aromatic carbocycles. The zero-order valence-corrected chi connectivity index (χ0v) is 14.8. The second kappa shape index (κ2) is 13.5. The summed E-state index contributed by atoms with van der Waals surface area (Å²) in [4.78, 5) is 11.3. The molecule has 1 fully saturated rings. The summed E-state index contributed by atoms with van der Waals surface area (Å²) in [7, 11) is -3.83. The van der Waals surface area contributed by atoms with E-state index < -0.39 is 10.1 Å². The molecule has 1 rings (SSSR count). The molecule has 0 atom stereocenters. The van der Waals surface area contributed by atoms with E-state index in [0.717, 1.165) is 45.6 Å². The molecule has 0 radical (unpaired) electrons. The van der Waals surface area contributed by atoms with Crippen molar-refractivity contribution in [2.24, 2.45) is 0 Å². The van der Waals surface area contributed by atoms with E-state index in [1.165, 1.54) is 0 Å². The Morgan fingerprint density at radius 1 is 1.22 bits per heavy atom. The van der Waals surface area contributed by atoms with Crippen LogP contribution in [0.3, 0.4) is 0 Å². The van der Waals surface area contributed by atoms with Gasteiger partial charge >= 0.3 is 0 Å². The smallest absolute Gasteiger partial charge is 0.264 e. The molecule has 1 heterocycles. The lowest BCUT2D eigenvalue weighted by Gasteiger charge is -2.10. The Kier molecular flexibility index (Phi) is 12.9. The largest absolute Gasteiger partial charge is 0.379 e. The third-order valence-electron chi connectivity index (χ3n) is 3.21. The van der Waals surface area contributed by atoms with Crippen LogP contribution in [0.1, 0.15) is 39.0 Å². The van der Waals surface area contributed by atoms with Crippen LogP contribution in [0, 0.1) is 0 Å². The van der Waals surface area contributed by atoms with E-state index in [9.17, 15) is 13.2 Å². The minimum atomic E-state index is -3.83. The number of unbranched alkanes of at least 4 members (excludes halogenated alkanes) is 3. The standard InChI is InChI=1S/C11H21NO4S.C4H9NO/c1-3-10(2)11(13)12-8-6-4-5-7-9-17(14,15)16;1-3-6-4-2-5-1/h2-9H2,1H3,(H,12,13)(H,14,15,16);5H,1-4H2. The Labute approximate surface area is 139 Å². The summed E-state index contributed by atoms with van der Waals surface area (Å²) in [6.45, 7) is 9.90. The number of carbonyl (C=O) groups is 1. The average molecular weight is 350 g/mol. The van der Waals surface area contributed by atoms with Gasteiger partial charge in [-0.05, 0) is 19.3 Å². The molecule has 0 aliphatic carbocycles. The van der Waals surface area contributed by atoms with Gasteiger partial charge in [-0.25, -0.2) is 0 Å². The van der Waals surface area contributed by atoms with E-state index in [1.807, 2.05) is 6.92 Å². The van der Waals surface area contributed by atoms with Crippen molar-refractivity contribution in [2.75, 3.05) is 38.6 Å². The zero-order valence-electron chi connectivity index (χ0n) is 14.0. The number of amides is 1. The number of ether oxygens (including phenoxy) is 1. The van der Waals surface area contributed by atoms with Crippen molar-refractivity contribution in [3.8, 4) is 0 Å². The summed E-state index contributed by atoms with van der Waals surface area (Å²) in [5.41, 5.74) is 0.566. The van der Waals surface area contributed by atoms with Crippen molar-refractivity contribution in [3.63, 3.8) is 0 Å². The Balaban J connectivity index is 0.000000664. The Bertz CT molecular complexity index is 422. The molecule has 23 heavy (non-hydrogen) atoms. The second-order valence-electron chi connectivity index (χ2n) is 5.28. The third-order valence-corrected chi connectivity index (χ3v) is 4.01. The van der Waals surface area contributed by atoms with Gasteiger partial charge in [0, 0.05) is 25.2 Å². The van der Waals surface area contributed by atoms with E-state index >= 15 is 0 Å². The summed E-state index contributed by atoms with van der Waals surface area (Å²) in [6.07, 6.45) is 3.45. The molecule has 8 heteroatoms. The van der Waals surface area contributed by atoms with Crippen LogP contribution in [0.25, 0.3) is 0 Å². The molecule has 1 aliphatic rings. The van der Waals surface area contributed by atoms with Crippen molar-refractivity contribution in [1.82, 2.24) is 10.6 Å². The summed E-state index contributed by atoms with van der Waals surface area (Å²) < 4.78 is 34.3. The first kappa shape index (κ1) is 22.0. The molecule has 0 aromatic heterocycles. The van der Waals surface area contributed by atoms with Crippen molar-refractivity contribution in [2.45, 2.75) is 39.0 Å². The van der Waals surface area contributed by atoms with Gasteiger partial charge in [0.1, 0.15) is 0 Å². The van der Waals surface area contributed by atoms with Crippen molar-refractivity contribution < 1.29 is 22.5 Å². The molecule has 0 spiro atoms. The maximum Gasteiger partial charge on any atom is 0.264 e. The molecule has 7 nitrogen and oxygen atoms in total. The molecule has 1 amide bonds. The van der Waals surface area contributed by atoms with Gasteiger partial charge in [-0.3, -0.25) is 9.35 Å². The van der Waals surface area contributed by atoms with Crippen molar-refractivity contribution in [3.05, 3.63) is 12.2 Å². The summed E-state index contributed by atoms with van der Waals surface area (Å²) in [6, 6.07) is 0. The maximum atomic E-state index is 11.3. The van der Waals surface area contributed by atoms with Crippen molar-refractivity contribution in [1.29, 1.82) is 0 Å². The molecule has 1 aliphatic heterocycles. The molecule has 0 aromatic rings. The maximum absolute atomic E-state index is 11.3. The highest BCUT2D eigenvalue weighted by atomic mass is 32.2. The number of nitrogens with one attached hydrogen (secondary N) is 2. The van der Waals surface area contributed by atoms with Crippen LogP contribution in [-0.4, -0.2) is 57.5 Å². The average Bonchev–Trinajstić information content (AvgIpc) is 2.54. The molecule has 136 valence electrons. The minimum Gasteiger partial charge on any atom is -0.379 e. The number of morpholine rings is 1. The number of hydrogen-bond acceptors (Lipinski definition) is 5. The van der Waals surface area contributed by atoms with Gasteiger partial charge in [0.15, 0.2) is 0 Å². The summed E-state index contributed by atoms with van der Waals surface area (Å²) in [5.74, 6) is -0.308. The lowest BCUT2D eigenvalue weighted by molar-refractivity contribution is -0.117. The fraction of sp³-hybridized carbons (Fsp3) is 0.800. The Morgan fingerprint density at radius 3 is 2.26 bits per heavy atom. The van der Waals surface area contributed by atoms with Crippen LogP contribution < -0.4 is 10.6 Å². The topological polar surface area (TPSA) is 105 Å². The highest BCUT2D eigenvalue weighted by Crippen LogP contribution is 2.02. The van der Waals surface area contributed by atoms with E-state index in [2.05, 4.69) is 17.2 Å². The van der Waals surface area contributed by atoms with Crippen molar-refractivity contribution >= 4 is 16.0 Å². The van der Waals surface area contributed by atoms with Crippen LogP contribution in [0.2, 0.25) is 0 Å². The second-order valence-corrected chi connectivity index (χ2v) is 6.85. The molecule has 1 saturated heterocycles. The molecular weight excluding hydrogens is 320 g/mol. The first-order valence-electron chi connectivity index (χ1n) is 8.06. The highest BCUT2D eigenvalue weighted by molar-refractivity contribution is 7.85. The molecule has 0 bridgehead atoms. The van der Waals surface area contributed by atoms with Gasteiger partial charge in [0.05, 0.1) is 19.0 Å². The van der Waals surface area contributed by atoms with Gasteiger partial charge in [-0.1, -0.05) is 26.3 Å². The van der Waals surface area contributed by atoms with E-state index in [-0.39, 0.29) is 11.7 Å². The summed E-state index contributed by atoms with van der Waals surface area (Å²) in [5, 5.41) is 5.89. The number of carbonyl (C=O) groups excluding carboxylic acids is 1. The van der Waals surface area contributed by atoms with Crippen LogP contribution in [0.5, 0.6) is 0 Å². The first-order chi connectivity index (χ1) is 10.9. The fourth-order valence-corrected chi connectivity index (χ4v) is 2.34. The lowest BCUT2D eigenvalue weighted by Crippen LogP contribution is -2.30. The van der Waals surface area contributed by atoms with Crippen LogP contribution in [0.15, 0.2) is 12.2 Å². The Hall–Kier alpha value is -0.960. The van der Waals surface area contributed by atoms with E-state index in [0.29, 0.717) is 25.0 Å². The summed E-state index contributed by atoms with van der Waals surface area (Å²) >= 11 is 0. The quantitative estimate of drug-likeness (QED) is 0.327.